The minimum atomic E-state index is -0.0353. The van der Waals surface area contributed by atoms with Gasteiger partial charge in [-0.3, -0.25) is 0 Å². The quantitative estimate of drug-likeness (QED) is 0.749. The standard InChI is InChI=1S/C10H17N3O2/c1-3-4-8-12-9(11)7(2)10(13-8)15-6-5-14/h14H,3-6H2,1-2H3,(H2,11,12,13). The van der Waals surface area contributed by atoms with E-state index in [2.05, 4.69) is 9.97 Å². The van der Waals surface area contributed by atoms with Crippen molar-refractivity contribution in [2.45, 2.75) is 26.7 Å². The van der Waals surface area contributed by atoms with Crippen LogP contribution in [0.15, 0.2) is 0 Å². The molecule has 0 aromatic carbocycles. The van der Waals surface area contributed by atoms with Crippen molar-refractivity contribution in [3.05, 3.63) is 11.4 Å². The summed E-state index contributed by atoms with van der Waals surface area (Å²) in [6.45, 7) is 4.04. The van der Waals surface area contributed by atoms with Crippen LogP contribution in [0.5, 0.6) is 5.88 Å². The lowest BCUT2D eigenvalue weighted by Gasteiger charge is -2.09. The van der Waals surface area contributed by atoms with Gasteiger partial charge in [-0.15, -0.1) is 0 Å². The highest BCUT2D eigenvalue weighted by atomic mass is 16.5. The fourth-order valence-electron chi connectivity index (χ4n) is 1.18. The average Bonchev–Trinajstić information content (AvgIpc) is 2.21. The first kappa shape index (κ1) is 11.7. The van der Waals surface area contributed by atoms with E-state index in [9.17, 15) is 0 Å². The van der Waals surface area contributed by atoms with Gasteiger partial charge in [0.2, 0.25) is 5.88 Å². The Hall–Kier alpha value is -1.36. The van der Waals surface area contributed by atoms with Gasteiger partial charge in [-0.25, -0.2) is 4.98 Å². The number of nitrogens with zero attached hydrogens (tertiary/aromatic N) is 2. The molecule has 5 nitrogen and oxygen atoms in total. The number of aryl methyl sites for hydroxylation is 1. The van der Waals surface area contributed by atoms with Crippen molar-refractivity contribution in [3.63, 3.8) is 0 Å². The smallest absolute Gasteiger partial charge is 0.221 e. The SMILES string of the molecule is CCCc1nc(N)c(C)c(OCCO)n1. The van der Waals surface area contributed by atoms with Crippen LogP contribution in [0.1, 0.15) is 24.7 Å². The van der Waals surface area contributed by atoms with E-state index in [1.807, 2.05) is 6.92 Å². The van der Waals surface area contributed by atoms with Crippen LogP contribution < -0.4 is 10.5 Å². The molecular formula is C10H17N3O2. The van der Waals surface area contributed by atoms with Crippen LogP contribution in [0.25, 0.3) is 0 Å². The van der Waals surface area contributed by atoms with Crippen molar-refractivity contribution >= 4 is 5.82 Å². The molecule has 0 saturated heterocycles. The zero-order valence-electron chi connectivity index (χ0n) is 9.16. The van der Waals surface area contributed by atoms with E-state index in [4.69, 9.17) is 15.6 Å². The zero-order chi connectivity index (χ0) is 11.3. The van der Waals surface area contributed by atoms with Gasteiger partial charge in [-0.1, -0.05) is 6.92 Å². The van der Waals surface area contributed by atoms with E-state index in [0.29, 0.717) is 17.5 Å². The Balaban J connectivity index is 2.91. The predicted molar refractivity (Wildman–Crippen MR) is 57.8 cm³/mol. The van der Waals surface area contributed by atoms with Crippen LogP contribution in [0, 0.1) is 6.92 Å². The topological polar surface area (TPSA) is 81.3 Å². The van der Waals surface area contributed by atoms with Crippen molar-refractivity contribution in [2.75, 3.05) is 18.9 Å². The van der Waals surface area contributed by atoms with Gasteiger partial charge in [0.15, 0.2) is 0 Å². The number of aliphatic hydroxyl groups is 1. The Labute approximate surface area is 89.3 Å². The second-order valence-corrected chi connectivity index (χ2v) is 3.28. The van der Waals surface area contributed by atoms with Gasteiger partial charge in [-0.05, 0) is 13.3 Å². The van der Waals surface area contributed by atoms with Crippen LogP contribution in [0.2, 0.25) is 0 Å². The molecule has 84 valence electrons. The molecule has 1 rings (SSSR count). The summed E-state index contributed by atoms with van der Waals surface area (Å²) in [5.41, 5.74) is 6.46. The molecule has 1 aromatic heterocycles. The lowest BCUT2D eigenvalue weighted by molar-refractivity contribution is 0.195. The lowest BCUT2D eigenvalue weighted by Crippen LogP contribution is -2.09. The Kier molecular flexibility index (Phi) is 4.30. The summed E-state index contributed by atoms with van der Waals surface area (Å²) in [5.74, 6) is 1.61. The molecule has 0 bridgehead atoms. The number of nitrogen functional groups attached to an aromatic ring is 1. The van der Waals surface area contributed by atoms with Crippen molar-refractivity contribution in [1.82, 2.24) is 9.97 Å². The molecule has 15 heavy (non-hydrogen) atoms. The molecule has 0 spiro atoms. The highest BCUT2D eigenvalue weighted by molar-refractivity contribution is 5.44. The summed E-state index contributed by atoms with van der Waals surface area (Å²) in [6.07, 6.45) is 1.74. The van der Waals surface area contributed by atoms with E-state index in [1.54, 1.807) is 6.92 Å². The first-order valence-corrected chi connectivity index (χ1v) is 5.05. The Bertz CT molecular complexity index is 329. The van der Waals surface area contributed by atoms with Crippen molar-refractivity contribution in [1.29, 1.82) is 0 Å². The number of hydrogen-bond donors (Lipinski definition) is 2. The minimum absolute atomic E-state index is 0.0353. The molecule has 5 heteroatoms. The Morgan fingerprint density at radius 3 is 2.73 bits per heavy atom. The molecule has 1 heterocycles. The van der Waals surface area contributed by atoms with Crippen molar-refractivity contribution in [2.24, 2.45) is 0 Å². The summed E-state index contributed by atoms with van der Waals surface area (Å²) in [7, 11) is 0. The molecule has 0 aliphatic rings. The van der Waals surface area contributed by atoms with E-state index in [1.165, 1.54) is 0 Å². The molecule has 1 aromatic rings. The maximum Gasteiger partial charge on any atom is 0.221 e. The zero-order valence-corrected chi connectivity index (χ0v) is 9.16. The van der Waals surface area contributed by atoms with Gasteiger partial charge in [0.1, 0.15) is 18.2 Å². The van der Waals surface area contributed by atoms with Crippen molar-refractivity contribution in [3.8, 4) is 5.88 Å². The molecule has 0 amide bonds. The normalized spacial score (nSPS) is 10.3. The largest absolute Gasteiger partial charge is 0.475 e. The third-order valence-electron chi connectivity index (χ3n) is 1.99. The Morgan fingerprint density at radius 1 is 1.40 bits per heavy atom. The van der Waals surface area contributed by atoms with Gasteiger partial charge in [0.05, 0.1) is 12.2 Å². The second kappa shape index (κ2) is 5.50. The van der Waals surface area contributed by atoms with Gasteiger partial charge < -0.3 is 15.6 Å². The summed E-state index contributed by atoms with van der Waals surface area (Å²) in [5, 5.41) is 8.66. The second-order valence-electron chi connectivity index (χ2n) is 3.28. The number of aliphatic hydroxyl groups excluding tert-OH is 1. The first-order chi connectivity index (χ1) is 7.19. The van der Waals surface area contributed by atoms with Crippen LogP contribution >= 0.6 is 0 Å². The minimum Gasteiger partial charge on any atom is -0.475 e. The highest BCUT2D eigenvalue weighted by Gasteiger charge is 2.08. The van der Waals surface area contributed by atoms with Gasteiger partial charge in [0.25, 0.3) is 0 Å². The van der Waals surface area contributed by atoms with E-state index in [-0.39, 0.29) is 13.2 Å². The number of aromatic nitrogens is 2. The summed E-state index contributed by atoms with van der Waals surface area (Å²) in [4.78, 5) is 8.39. The summed E-state index contributed by atoms with van der Waals surface area (Å²) in [6, 6.07) is 0. The molecule has 0 fully saturated rings. The third kappa shape index (κ3) is 3.06. The lowest BCUT2D eigenvalue weighted by atomic mass is 10.3. The van der Waals surface area contributed by atoms with Crippen LogP contribution in [0.3, 0.4) is 0 Å². The van der Waals surface area contributed by atoms with Crippen LogP contribution in [0.4, 0.5) is 5.82 Å². The molecular weight excluding hydrogens is 194 g/mol. The average molecular weight is 211 g/mol. The number of ether oxygens (including phenoxy) is 1. The summed E-state index contributed by atoms with van der Waals surface area (Å²) < 4.78 is 5.27. The maximum atomic E-state index is 8.66. The van der Waals surface area contributed by atoms with E-state index in [0.717, 1.165) is 18.4 Å². The van der Waals surface area contributed by atoms with Gasteiger partial charge >= 0.3 is 0 Å². The van der Waals surface area contributed by atoms with Crippen molar-refractivity contribution < 1.29 is 9.84 Å². The first-order valence-electron chi connectivity index (χ1n) is 5.05. The summed E-state index contributed by atoms with van der Waals surface area (Å²) >= 11 is 0. The van der Waals surface area contributed by atoms with Gasteiger partial charge in [-0.2, -0.15) is 4.98 Å². The van der Waals surface area contributed by atoms with E-state index >= 15 is 0 Å². The molecule has 0 aliphatic carbocycles. The van der Waals surface area contributed by atoms with Crippen LogP contribution in [-0.2, 0) is 6.42 Å². The molecule has 3 N–H and O–H groups in total. The molecule has 0 unspecified atom stereocenters. The number of anilines is 1. The fourth-order valence-corrected chi connectivity index (χ4v) is 1.18. The predicted octanol–water partition coefficient (Wildman–Crippen LogP) is 0.691. The molecule has 0 atom stereocenters. The highest BCUT2D eigenvalue weighted by Crippen LogP contribution is 2.19. The third-order valence-corrected chi connectivity index (χ3v) is 1.99. The molecule has 0 saturated carbocycles. The number of hydrogen-bond acceptors (Lipinski definition) is 5. The number of nitrogens with two attached hydrogens (primary N) is 1. The molecule has 0 radical (unpaired) electrons. The number of rotatable bonds is 5. The maximum absolute atomic E-state index is 8.66. The fraction of sp³-hybridized carbons (Fsp3) is 0.600. The van der Waals surface area contributed by atoms with Gasteiger partial charge in [0, 0.05) is 6.42 Å². The monoisotopic (exact) mass is 211 g/mol. The Morgan fingerprint density at radius 2 is 2.13 bits per heavy atom. The van der Waals surface area contributed by atoms with E-state index < -0.39 is 0 Å². The van der Waals surface area contributed by atoms with Crippen LogP contribution in [-0.4, -0.2) is 28.3 Å². The molecule has 0 aliphatic heterocycles.